The minimum atomic E-state index is -1.08. The van der Waals surface area contributed by atoms with Crippen molar-refractivity contribution in [3.8, 4) is 34.1 Å². The third-order valence-corrected chi connectivity index (χ3v) is 6.72. The van der Waals surface area contributed by atoms with E-state index < -0.39 is 18.2 Å². The second-order valence-electron chi connectivity index (χ2n) is 8.55. The van der Waals surface area contributed by atoms with E-state index in [1.807, 2.05) is 66.7 Å². The third-order valence-electron chi connectivity index (χ3n) is 5.92. The van der Waals surface area contributed by atoms with E-state index in [9.17, 15) is 14.7 Å². The molecule has 2 aromatic heterocycles. The maximum atomic E-state index is 12.6. The fraction of sp³-hybridized carbons (Fsp3) is 0.103. The molecule has 0 aliphatic rings. The molecule has 0 unspecified atom stereocenters. The van der Waals surface area contributed by atoms with Crippen molar-refractivity contribution in [3.05, 3.63) is 101 Å². The molecule has 0 fully saturated rings. The molecule has 0 spiro atoms. The van der Waals surface area contributed by atoms with E-state index >= 15 is 0 Å². The largest absolute Gasteiger partial charge is 0.477 e. The van der Waals surface area contributed by atoms with Gasteiger partial charge in [-0.3, -0.25) is 5.32 Å². The lowest BCUT2D eigenvalue weighted by Gasteiger charge is -2.14. The molecule has 1 amide bonds. The highest BCUT2D eigenvalue weighted by molar-refractivity contribution is 7.12. The summed E-state index contributed by atoms with van der Waals surface area (Å²) in [5.41, 5.74) is 5.88. The van der Waals surface area contributed by atoms with Gasteiger partial charge >= 0.3 is 12.1 Å². The van der Waals surface area contributed by atoms with E-state index in [4.69, 9.17) is 14.0 Å². The number of aryl methyl sites for hydroxylation is 1. The van der Waals surface area contributed by atoms with Crippen molar-refractivity contribution in [2.24, 2.45) is 0 Å². The number of carboxylic acid groups (broad SMARTS) is 1. The fourth-order valence-corrected chi connectivity index (χ4v) is 4.44. The van der Waals surface area contributed by atoms with Gasteiger partial charge in [-0.15, -0.1) is 11.3 Å². The van der Waals surface area contributed by atoms with Gasteiger partial charge in [-0.1, -0.05) is 71.9 Å². The summed E-state index contributed by atoms with van der Waals surface area (Å²) in [6.45, 7) is 3.55. The first-order valence-corrected chi connectivity index (χ1v) is 12.8. The highest BCUT2D eigenvalue weighted by Crippen LogP contribution is 2.34. The number of thiazole rings is 1. The molecule has 10 heteroatoms. The Kier molecular flexibility index (Phi) is 7.37. The van der Waals surface area contributed by atoms with Crippen LogP contribution in [0.15, 0.2) is 88.9 Å². The number of anilines is 1. The summed E-state index contributed by atoms with van der Waals surface area (Å²) >= 11 is 1.01. The Hall–Kier alpha value is -4.96. The Bertz CT molecular complexity index is 1590. The molecule has 0 saturated heterocycles. The van der Waals surface area contributed by atoms with Gasteiger partial charge in [-0.25, -0.2) is 14.6 Å². The predicted molar refractivity (Wildman–Crippen MR) is 146 cm³/mol. The average molecular weight is 542 g/mol. The number of carbonyl (C=O) groups is 2. The average Bonchev–Trinajstić information content (AvgIpc) is 3.56. The van der Waals surface area contributed by atoms with Crippen LogP contribution in [0.1, 0.15) is 34.0 Å². The summed E-state index contributed by atoms with van der Waals surface area (Å²) in [4.78, 5) is 27.9. The normalized spacial score (nSPS) is 11.5. The van der Waals surface area contributed by atoms with Crippen molar-refractivity contribution < 1.29 is 28.7 Å². The number of hydrogen-bond acceptors (Lipinski definition) is 8. The van der Waals surface area contributed by atoms with Crippen molar-refractivity contribution in [1.29, 1.82) is 0 Å². The number of carboxylic acids is 1. The number of hydrogen-bond donors (Lipinski definition) is 2. The number of carbonyl (C=O) groups excluding carboxylic acids is 1. The summed E-state index contributed by atoms with van der Waals surface area (Å²) in [6, 6.07) is 24.3. The molecule has 5 rings (SSSR count). The molecule has 1 atom stereocenters. The molecule has 0 bridgehead atoms. The zero-order chi connectivity index (χ0) is 27.4. The summed E-state index contributed by atoms with van der Waals surface area (Å²) in [5, 5.41) is 16.0. The molecule has 2 N–H and O–H groups in total. The highest BCUT2D eigenvalue weighted by atomic mass is 32.1. The van der Waals surface area contributed by atoms with Crippen molar-refractivity contribution in [1.82, 2.24) is 10.1 Å². The van der Waals surface area contributed by atoms with Gasteiger partial charge in [0.25, 0.3) is 0 Å². The fourth-order valence-electron chi connectivity index (χ4n) is 3.89. The Morgan fingerprint density at radius 2 is 1.59 bits per heavy atom. The molecule has 196 valence electrons. The van der Waals surface area contributed by atoms with Crippen LogP contribution >= 0.6 is 11.3 Å². The summed E-state index contributed by atoms with van der Waals surface area (Å²) < 4.78 is 16.7. The number of amides is 1. The SMILES string of the molecule is Cc1noc(-c2ccc(-c3ccc(Oc4ncsc4C(=O)O)cc3)cc2)c1NC(=O)O[C@H](C)c1ccccc1. The van der Waals surface area contributed by atoms with Crippen LogP contribution in [0.25, 0.3) is 22.5 Å². The van der Waals surface area contributed by atoms with Crippen molar-refractivity contribution in [3.63, 3.8) is 0 Å². The topological polar surface area (TPSA) is 124 Å². The number of aromatic carboxylic acids is 1. The molecular formula is C29H23N3O6S. The van der Waals surface area contributed by atoms with Crippen LogP contribution in [0.5, 0.6) is 11.6 Å². The Morgan fingerprint density at radius 1 is 0.949 bits per heavy atom. The van der Waals surface area contributed by atoms with Crippen LogP contribution in [0, 0.1) is 6.92 Å². The predicted octanol–water partition coefficient (Wildman–Crippen LogP) is 7.57. The van der Waals surface area contributed by atoms with Gasteiger partial charge in [0.15, 0.2) is 10.6 Å². The minimum Gasteiger partial charge on any atom is -0.477 e. The maximum Gasteiger partial charge on any atom is 0.412 e. The maximum absolute atomic E-state index is 12.6. The zero-order valence-electron chi connectivity index (χ0n) is 21.0. The zero-order valence-corrected chi connectivity index (χ0v) is 21.8. The van der Waals surface area contributed by atoms with E-state index in [1.165, 1.54) is 5.51 Å². The lowest BCUT2D eigenvalue weighted by atomic mass is 10.0. The van der Waals surface area contributed by atoms with Gasteiger partial charge in [0.1, 0.15) is 23.2 Å². The number of ether oxygens (including phenoxy) is 2. The van der Waals surface area contributed by atoms with Crippen LogP contribution in [0.4, 0.5) is 10.5 Å². The van der Waals surface area contributed by atoms with Gasteiger partial charge in [0.05, 0.1) is 5.51 Å². The van der Waals surface area contributed by atoms with Gasteiger partial charge in [-0.05, 0) is 42.7 Å². The Balaban J connectivity index is 1.27. The first-order valence-electron chi connectivity index (χ1n) is 11.9. The highest BCUT2D eigenvalue weighted by Gasteiger charge is 2.20. The van der Waals surface area contributed by atoms with Crippen LogP contribution in [-0.4, -0.2) is 27.3 Å². The molecule has 0 aliphatic carbocycles. The monoisotopic (exact) mass is 541 g/mol. The van der Waals surface area contributed by atoms with Crippen molar-refractivity contribution >= 4 is 29.1 Å². The lowest BCUT2D eigenvalue weighted by Crippen LogP contribution is -2.16. The summed E-state index contributed by atoms with van der Waals surface area (Å²) in [6.07, 6.45) is -1.03. The number of nitrogens with one attached hydrogen (secondary N) is 1. The molecule has 0 saturated carbocycles. The second kappa shape index (κ2) is 11.2. The van der Waals surface area contributed by atoms with Crippen molar-refractivity contribution in [2.45, 2.75) is 20.0 Å². The van der Waals surface area contributed by atoms with Crippen LogP contribution < -0.4 is 10.1 Å². The Labute approximate surface area is 227 Å². The molecular weight excluding hydrogens is 518 g/mol. The van der Waals surface area contributed by atoms with E-state index in [1.54, 1.807) is 26.0 Å². The second-order valence-corrected chi connectivity index (χ2v) is 9.41. The lowest BCUT2D eigenvalue weighted by molar-refractivity contribution is 0.0699. The van der Waals surface area contributed by atoms with Gasteiger partial charge in [0, 0.05) is 5.56 Å². The number of aromatic nitrogens is 2. The van der Waals surface area contributed by atoms with Crippen molar-refractivity contribution in [2.75, 3.05) is 5.32 Å². The first-order chi connectivity index (χ1) is 18.9. The molecule has 5 aromatic rings. The standard InChI is InChI=1S/C29H23N3O6S/c1-17-24(31-29(35)36-18(2)19-6-4-3-5-7-19)25(38-32-17)22-10-8-20(9-11-22)21-12-14-23(15-13-21)37-27-26(28(33)34)39-16-30-27/h3-16,18H,1-2H3,(H,31,35)(H,33,34)/t18-/m1/s1. The quantitative estimate of drug-likeness (QED) is 0.206. The van der Waals surface area contributed by atoms with E-state index in [0.717, 1.165) is 33.6 Å². The molecule has 0 aliphatic heterocycles. The van der Waals surface area contributed by atoms with Crippen LogP contribution in [0.3, 0.4) is 0 Å². The molecule has 0 radical (unpaired) electrons. The first kappa shape index (κ1) is 25.7. The van der Waals surface area contributed by atoms with Gasteiger partial charge < -0.3 is 19.1 Å². The van der Waals surface area contributed by atoms with Gasteiger partial charge in [0.2, 0.25) is 5.88 Å². The summed E-state index contributed by atoms with van der Waals surface area (Å²) in [5.74, 6) is -0.118. The Morgan fingerprint density at radius 3 is 2.26 bits per heavy atom. The number of nitrogens with zero attached hydrogens (tertiary/aromatic N) is 2. The summed E-state index contributed by atoms with van der Waals surface area (Å²) in [7, 11) is 0. The van der Waals surface area contributed by atoms with E-state index in [-0.39, 0.29) is 10.8 Å². The van der Waals surface area contributed by atoms with Crippen LogP contribution in [-0.2, 0) is 4.74 Å². The third kappa shape index (κ3) is 5.81. The molecule has 2 heterocycles. The number of rotatable bonds is 8. The molecule has 3 aromatic carbocycles. The van der Waals surface area contributed by atoms with E-state index in [2.05, 4.69) is 15.5 Å². The molecule has 39 heavy (non-hydrogen) atoms. The number of benzene rings is 3. The van der Waals surface area contributed by atoms with Gasteiger partial charge in [-0.2, -0.15) is 0 Å². The van der Waals surface area contributed by atoms with E-state index in [0.29, 0.717) is 22.9 Å². The van der Waals surface area contributed by atoms with Crippen LogP contribution in [0.2, 0.25) is 0 Å². The minimum absolute atomic E-state index is 0.0464. The molecule has 9 nitrogen and oxygen atoms in total. The smallest absolute Gasteiger partial charge is 0.412 e.